The van der Waals surface area contributed by atoms with E-state index in [1.54, 1.807) is 6.92 Å². The van der Waals surface area contributed by atoms with Crippen LogP contribution in [0.2, 0.25) is 5.02 Å². The number of nitrogens with zero attached hydrogens (tertiary/aromatic N) is 1. The number of nitrogens with one attached hydrogen (secondary N) is 1. The van der Waals surface area contributed by atoms with Gasteiger partial charge < -0.3 is 10.4 Å². The van der Waals surface area contributed by atoms with E-state index in [0.717, 1.165) is 12.1 Å². The predicted molar refractivity (Wildman–Crippen MR) is 96.0 cm³/mol. The van der Waals surface area contributed by atoms with Gasteiger partial charge in [-0.3, -0.25) is 9.63 Å². The Balaban J connectivity index is 2.42. The van der Waals surface area contributed by atoms with Crippen LogP contribution in [0.25, 0.3) is 0 Å². The first kappa shape index (κ1) is 21.8. The third kappa shape index (κ3) is 5.07. The van der Waals surface area contributed by atoms with Crippen molar-refractivity contribution in [3.63, 3.8) is 0 Å². The Morgan fingerprint density at radius 2 is 1.89 bits per heavy atom. The van der Waals surface area contributed by atoms with Crippen LogP contribution >= 0.6 is 11.6 Å². The number of benzene rings is 1. The van der Waals surface area contributed by atoms with Crippen molar-refractivity contribution in [3.05, 3.63) is 17.2 Å². The van der Waals surface area contributed by atoms with Crippen LogP contribution in [0.1, 0.15) is 13.3 Å². The Morgan fingerprint density at radius 1 is 1.30 bits per heavy atom. The van der Waals surface area contributed by atoms with E-state index in [9.17, 15) is 26.7 Å². The minimum absolute atomic E-state index is 0.0672. The van der Waals surface area contributed by atoms with Gasteiger partial charge in [-0.1, -0.05) is 11.6 Å². The van der Waals surface area contributed by atoms with Crippen LogP contribution < -0.4 is 15.6 Å². The molecule has 1 fully saturated rings. The smallest absolute Gasteiger partial charge is 0.323 e. The molecule has 0 aromatic heterocycles. The molecule has 2 unspecified atom stereocenters. The molecule has 1 aromatic carbocycles. The average molecular weight is 443 g/mol. The summed E-state index contributed by atoms with van der Waals surface area (Å²) in [5.41, 5.74) is -0.0672. The van der Waals surface area contributed by atoms with Gasteiger partial charge in [0.1, 0.15) is 15.8 Å². The molecule has 2 rings (SSSR count). The topological polar surface area (TPSA) is 182 Å². The van der Waals surface area contributed by atoms with Crippen molar-refractivity contribution in [2.45, 2.75) is 35.2 Å². The molecule has 1 aliphatic heterocycles. The summed E-state index contributed by atoms with van der Waals surface area (Å²) in [5, 5.41) is 23.3. The summed E-state index contributed by atoms with van der Waals surface area (Å²) < 4.78 is 46.9. The lowest BCUT2D eigenvalue weighted by Crippen LogP contribution is -2.36. The molecular weight excluding hydrogens is 424 g/mol. The van der Waals surface area contributed by atoms with E-state index < -0.39 is 47.9 Å². The van der Waals surface area contributed by atoms with Crippen molar-refractivity contribution in [2.75, 3.05) is 18.5 Å². The largest absolute Gasteiger partial charge is 0.480 e. The standard InChI is InChI=1S/C13H19ClN4O7S2/c1-2-25-18-6-7(3-10(18)13(19)20)17-9-4-8(14)11(26(15,21)22)5-12(9)27(16,23)24/h4-5,7,10,17H,2-3,6H2,1H3,(H,19,20)(H2,15,21,22)(H2,16,23,24). The van der Waals surface area contributed by atoms with Gasteiger partial charge in [0.15, 0.2) is 0 Å². The van der Waals surface area contributed by atoms with Crippen LogP contribution in [0.5, 0.6) is 0 Å². The normalized spacial score (nSPS) is 21.3. The summed E-state index contributed by atoms with van der Waals surface area (Å²) in [6, 6.07) is 0.383. The maximum Gasteiger partial charge on any atom is 0.323 e. The number of carbonyl (C=O) groups is 1. The molecule has 1 aliphatic rings. The molecule has 0 saturated carbocycles. The number of hydrogen-bond donors (Lipinski definition) is 4. The number of primary sulfonamides is 2. The molecule has 1 saturated heterocycles. The van der Waals surface area contributed by atoms with Crippen molar-refractivity contribution >= 4 is 43.3 Å². The number of carboxylic acid groups (broad SMARTS) is 1. The third-order valence-electron chi connectivity index (χ3n) is 3.84. The van der Waals surface area contributed by atoms with Crippen LogP contribution in [0.3, 0.4) is 0 Å². The zero-order valence-corrected chi connectivity index (χ0v) is 16.5. The molecule has 2 atom stereocenters. The summed E-state index contributed by atoms with van der Waals surface area (Å²) in [7, 11) is -8.61. The highest BCUT2D eigenvalue weighted by atomic mass is 35.5. The Kier molecular flexibility index (Phi) is 6.36. The lowest BCUT2D eigenvalue weighted by Gasteiger charge is -2.20. The molecule has 0 bridgehead atoms. The fourth-order valence-electron chi connectivity index (χ4n) is 2.76. The van der Waals surface area contributed by atoms with Crippen molar-refractivity contribution in [1.82, 2.24) is 5.06 Å². The number of carboxylic acids is 1. The summed E-state index contributed by atoms with van der Waals surface area (Å²) in [5.74, 6) is -1.10. The van der Waals surface area contributed by atoms with Crippen molar-refractivity contribution in [3.8, 4) is 0 Å². The van der Waals surface area contributed by atoms with Gasteiger partial charge in [0, 0.05) is 12.6 Å². The first-order valence-electron chi connectivity index (χ1n) is 7.62. The van der Waals surface area contributed by atoms with E-state index in [1.165, 1.54) is 5.06 Å². The second-order valence-electron chi connectivity index (χ2n) is 5.82. The Bertz CT molecular complexity index is 952. The Labute approximate surface area is 161 Å². The molecule has 14 heteroatoms. The maximum absolute atomic E-state index is 11.9. The predicted octanol–water partition coefficient (Wildman–Crippen LogP) is -0.474. The first-order valence-corrected chi connectivity index (χ1v) is 11.1. The lowest BCUT2D eigenvalue weighted by atomic mass is 10.1. The van der Waals surface area contributed by atoms with Gasteiger partial charge in [-0.15, -0.1) is 0 Å². The summed E-state index contributed by atoms with van der Waals surface area (Å²) in [6.07, 6.45) is 0.105. The number of halogens is 1. The molecule has 1 heterocycles. The fourth-order valence-corrected chi connectivity index (χ4v) is 4.64. The van der Waals surface area contributed by atoms with Gasteiger partial charge in [0.05, 0.1) is 17.3 Å². The summed E-state index contributed by atoms with van der Waals surface area (Å²) >= 11 is 5.92. The molecule has 1 aromatic rings. The molecule has 27 heavy (non-hydrogen) atoms. The SMILES string of the molecule is CCON1CC(Nc2cc(Cl)c(S(N)(=O)=O)cc2S(N)(=O)=O)CC1C(=O)O. The molecule has 152 valence electrons. The van der Waals surface area contributed by atoms with Gasteiger partial charge in [0.2, 0.25) is 20.0 Å². The Morgan fingerprint density at radius 3 is 2.37 bits per heavy atom. The Hall–Kier alpha value is -1.48. The quantitative estimate of drug-likeness (QED) is 0.433. The van der Waals surface area contributed by atoms with E-state index in [-0.39, 0.29) is 30.3 Å². The number of nitrogens with two attached hydrogens (primary N) is 2. The van der Waals surface area contributed by atoms with Gasteiger partial charge in [-0.05, 0) is 25.5 Å². The number of hydroxylamine groups is 2. The summed E-state index contributed by atoms with van der Waals surface area (Å²) in [4.78, 5) is 15.5. The van der Waals surface area contributed by atoms with E-state index in [1.807, 2.05) is 0 Å². The third-order valence-corrected chi connectivity index (χ3v) is 6.17. The highest BCUT2D eigenvalue weighted by Crippen LogP contribution is 2.32. The number of sulfonamides is 2. The lowest BCUT2D eigenvalue weighted by molar-refractivity contribution is -0.183. The second kappa shape index (κ2) is 7.87. The summed E-state index contributed by atoms with van der Waals surface area (Å²) in [6.45, 7) is 2.10. The van der Waals surface area contributed by atoms with Crippen LogP contribution in [0.4, 0.5) is 5.69 Å². The molecule has 0 radical (unpaired) electrons. The number of aliphatic carboxylic acids is 1. The minimum atomic E-state index is -4.33. The van der Waals surface area contributed by atoms with Crippen LogP contribution in [-0.2, 0) is 29.7 Å². The van der Waals surface area contributed by atoms with Gasteiger partial charge in [-0.2, -0.15) is 5.06 Å². The average Bonchev–Trinajstić information content (AvgIpc) is 2.88. The zero-order chi connectivity index (χ0) is 20.6. The number of hydrogen-bond acceptors (Lipinski definition) is 8. The monoisotopic (exact) mass is 442 g/mol. The first-order chi connectivity index (χ1) is 12.3. The molecule has 0 spiro atoms. The van der Waals surface area contributed by atoms with Crippen LogP contribution in [0.15, 0.2) is 21.9 Å². The molecule has 6 N–H and O–H groups in total. The number of anilines is 1. The van der Waals surface area contributed by atoms with Crippen LogP contribution in [0, 0.1) is 0 Å². The van der Waals surface area contributed by atoms with Crippen molar-refractivity contribution in [1.29, 1.82) is 0 Å². The number of rotatable bonds is 7. The minimum Gasteiger partial charge on any atom is -0.480 e. The molecular formula is C13H19ClN4O7S2. The van der Waals surface area contributed by atoms with E-state index in [4.69, 9.17) is 26.7 Å². The van der Waals surface area contributed by atoms with Gasteiger partial charge >= 0.3 is 5.97 Å². The highest BCUT2D eigenvalue weighted by molar-refractivity contribution is 7.90. The van der Waals surface area contributed by atoms with Gasteiger partial charge in [0.25, 0.3) is 0 Å². The second-order valence-corrected chi connectivity index (χ2v) is 9.28. The van der Waals surface area contributed by atoms with Crippen molar-refractivity contribution < 1.29 is 31.6 Å². The van der Waals surface area contributed by atoms with E-state index in [0.29, 0.717) is 0 Å². The highest BCUT2D eigenvalue weighted by Gasteiger charge is 2.38. The maximum atomic E-state index is 11.9. The van der Waals surface area contributed by atoms with Crippen molar-refractivity contribution in [2.24, 2.45) is 10.3 Å². The van der Waals surface area contributed by atoms with Gasteiger partial charge in [-0.25, -0.2) is 27.1 Å². The van der Waals surface area contributed by atoms with E-state index >= 15 is 0 Å². The fraction of sp³-hybridized carbons (Fsp3) is 0.462. The van der Waals surface area contributed by atoms with Crippen LogP contribution in [-0.4, -0.2) is 58.2 Å². The molecule has 0 amide bonds. The molecule has 11 nitrogen and oxygen atoms in total. The molecule has 0 aliphatic carbocycles. The van der Waals surface area contributed by atoms with E-state index in [2.05, 4.69) is 5.32 Å². The zero-order valence-electron chi connectivity index (χ0n) is 14.1.